The third-order valence-electron chi connectivity index (χ3n) is 5.68. The number of fused-ring (bicyclic) bond motifs is 1. The van der Waals surface area contributed by atoms with Gasteiger partial charge in [-0.2, -0.15) is 5.26 Å². The third kappa shape index (κ3) is 3.66. The van der Waals surface area contributed by atoms with Crippen molar-refractivity contribution >= 4 is 5.91 Å². The predicted molar refractivity (Wildman–Crippen MR) is 104 cm³/mol. The van der Waals surface area contributed by atoms with Gasteiger partial charge in [0.25, 0.3) is 0 Å². The molecule has 0 N–H and O–H groups in total. The van der Waals surface area contributed by atoms with Crippen molar-refractivity contribution in [3.05, 3.63) is 42.2 Å². The van der Waals surface area contributed by atoms with Crippen molar-refractivity contribution in [1.29, 1.82) is 5.26 Å². The lowest BCUT2D eigenvalue weighted by Gasteiger charge is -2.35. The van der Waals surface area contributed by atoms with Crippen LogP contribution in [0.4, 0.5) is 0 Å². The Morgan fingerprint density at radius 2 is 2.21 bits per heavy atom. The van der Waals surface area contributed by atoms with Crippen molar-refractivity contribution in [1.82, 2.24) is 19.4 Å². The van der Waals surface area contributed by atoms with Gasteiger partial charge in [-0.15, -0.1) is 0 Å². The largest absolute Gasteiger partial charge is 0.375 e. The number of carbonyl (C=O) groups excluding carboxylic acids is 1. The average Bonchev–Trinajstić information content (AvgIpc) is 3.34. The molecule has 0 aliphatic carbocycles. The molecular weight excluding hydrogens is 354 g/mol. The van der Waals surface area contributed by atoms with Crippen molar-refractivity contribution < 1.29 is 9.53 Å². The Morgan fingerprint density at radius 3 is 3.00 bits per heavy atom. The van der Waals surface area contributed by atoms with E-state index in [2.05, 4.69) is 20.5 Å². The summed E-state index contributed by atoms with van der Waals surface area (Å²) in [5.41, 5.74) is 1.59. The molecule has 3 heterocycles. The zero-order chi connectivity index (χ0) is 19.7. The predicted octanol–water partition coefficient (Wildman–Crippen LogP) is 1.91. The van der Waals surface area contributed by atoms with Gasteiger partial charge in [0.2, 0.25) is 5.91 Å². The van der Waals surface area contributed by atoms with Crippen molar-refractivity contribution in [2.75, 3.05) is 33.8 Å². The molecule has 0 saturated carbocycles. The van der Waals surface area contributed by atoms with E-state index in [1.54, 1.807) is 25.1 Å². The fourth-order valence-electron chi connectivity index (χ4n) is 4.18. The molecule has 0 spiro atoms. The highest BCUT2D eigenvalue weighted by molar-refractivity contribution is 5.76. The summed E-state index contributed by atoms with van der Waals surface area (Å²) in [6.45, 7) is 2.37. The summed E-state index contributed by atoms with van der Waals surface area (Å²) in [4.78, 5) is 20.6. The quantitative estimate of drug-likeness (QED) is 0.811. The Kier molecular flexibility index (Phi) is 5.16. The van der Waals surface area contributed by atoms with Crippen molar-refractivity contribution in [2.45, 2.75) is 31.0 Å². The minimum absolute atomic E-state index is 0.0422. The van der Waals surface area contributed by atoms with Crippen LogP contribution >= 0.6 is 0 Å². The van der Waals surface area contributed by atoms with Gasteiger partial charge in [-0.05, 0) is 18.6 Å². The molecule has 3 atom stereocenters. The van der Waals surface area contributed by atoms with Gasteiger partial charge in [-0.25, -0.2) is 4.98 Å². The number of nitriles is 1. The Hall–Kier alpha value is -2.69. The number of imidazole rings is 1. The molecule has 4 rings (SSSR count). The summed E-state index contributed by atoms with van der Waals surface area (Å²) in [5, 5.41) is 9.18. The number of rotatable bonds is 4. The van der Waals surface area contributed by atoms with Crippen LogP contribution in [0.3, 0.4) is 0 Å². The van der Waals surface area contributed by atoms with Gasteiger partial charge >= 0.3 is 0 Å². The Labute approximate surface area is 165 Å². The summed E-state index contributed by atoms with van der Waals surface area (Å²) < 4.78 is 8.19. The second-order valence-corrected chi connectivity index (χ2v) is 7.80. The molecule has 0 bridgehead atoms. The molecular formula is C21H25N5O2. The highest BCUT2D eigenvalue weighted by Gasteiger charge is 2.39. The van der Waals surface area contributed by atoms with Crippen LogP contribution in [0.25, 0.3) is 11.4 Å². The van der Waals surface area contributed by atoms with E-state index >= 15 is 0 Å². The van der Waals surface area contributed by atoms with Crippen LogP contribution in [-0.4, -0.2) is 71.2 Å². The Bertz CT molecular complexity index is 900. The van der Waals surface area contributed by atoms with Crippen molar-refractivity contribution in [3.63, 3.8) is 0 Å². The number of benzene rings is 1. The molecule has 0 radical (unpaired) electrons. The number of carbonyl (C=O) groups is 1. The van der Waals surface area contributed by atoms with Gasteiger partial charge in [0.05, 0.1) is 30.8 Å². The normalized spacial score (nSPS) is 24.5. The standard InChI is InChI=1S/C21H25N5O2/c1-24(2)20(27)10-19-13-25-12-17(9-18(25)14-28-19)26-7-6-23-21(26)16-5-3-4-15(8-16)11-22/h3-8,17-19H,9-10,12-14H2,1-2H3/t17-,18+,19+/m1/s1. The van der Waals surface area contributed by atoms with Gasteiger partial charge in [-0.3, -0.25) is 9.69 Å². The van der Waals surface area contributed by atoms with E-state index < -0.39 is 0 Å². The van der Waals surface area contributed by atoms with Crippen LogP contribution in [0.5, 0.6) is 0 Å². The first-order valence-corrected chi connectivity index (χ1v) is 9.64. The Morgan fingerprint density at radius 1 is 1.36 bits per heavy atom. The van der Waals surface area contributed by atoms with Crippen molar-refractivity contribution in [3.8, 4) is 17.5 Å². The fourth-order valence-corrected chi connectivity index (χ4v) is 4.18. The minimum atomic E-state index is -0.0422. The van der Waals surface area contributed by atoms with E-state index in [0.29, 0.717) is 30.7 Å². The number of morpholine rings is 1. The molecule has 146 valence electrons. The SMILES string of the molecule is CN(C)C(=O)C[C@H]1CN2C[C@H](n3ccnc3-c3cccc(C#N)c3)C[C@H]2CO1. The van der Waals surface area contributed by atoms with Gasteiger partial charge in [-0.1, -0.05) is 12.1 Å². The van der Waals surface area contributed by atoms with E-state index in [9.17, 15) is 10.1 Å². The molecule has 1 aromatic heterocycles. The molecule has 2 aliphatic rings. The van der Waals surface area contributed by atoms with Gasteiger partial charge < -0.3 is 14.2 Å². The molecule has 1 amide bonds. The molecule has 2 aromatic rings. The summed E-state index contributed by atoms with van der Waals surface area (Å²) in [7, 11) is 3.56. The van der Waals surface area contributed by atoms with Crippen LogP contribution in [0, 0.1) is 11.3 Å². The summed E-state index contributed by atoms with van der Waals surface area (Å²) in [5.74, 6) is 0.996. The van der Waals surface area contributed by atoms with Crippen LogP contribution in [-0.2, 0) is 9.53 Å². The van der Waals surface area contributed by atoms with Crippen molar-refractivity contribution in [2.24, 2.45) is 0 Å². The Balaban J connectivity index is 1.48. The van der Waals surface area contributed by atoms with E-state index in [1.165, 1.54) is 0 Å². The average molecular weight is 379 g/mol. The topological polar surface area (TPSA) is 74.4 Å². The lowest BCUT2D eigenvalue weighted by atomic mass is 10.1. The summed E-state index contributed by atoms with van der Waals surface area (Å²) in [6, 6.07) is 10.4. The second kappa shape index (κ2) is 7.74. The zero-order valence-corrected chi connectivity index (χ0v) is 16.3. The first-order chi connectivity index (χ1) is 13.5. The maximum atomic E-state index is 12.0. The van der Waals surface area contributed by atoms with Crippen LogP contribution in [0.1, 0.15) is 24.4 Å². The lowest BCUT2D eigenvalue weighted by molar-refractivity contribution is -0.134. The zero-order valence-electron chi connectivity index (χ0n) is 16.3. The highest BCUT2D eigenvalue weighted by Crippen LogP contribution is 2.34. The molecule has 2 aliphatic heterocycles. The summed E-state index contributed by atoms with van der Waals surface area (Å²) in [6.07, 6.45) is 5.22. The number of nitrogens with zero attached hydrogens (tertiary/aromatic N) is 5. The van der Waals surface area contributed by atoms with Crippen LogP contribution < -0.4 is 0 Å². The van der Waals surface area contributed by atoms with Crippen LogP contribution in [0.2, 0.25) is 0 Å². The maximum Gasteiger partial charge on any atom is 0.224 e. The number of aromatic nitrogens is 2. The van der Waals surface area contributed by atoms with Gasteiger partial charge in [0.1, 0.15) is 5.82 Å². The van der Waals surface area contributed by atoms with Crippen LogP contribution in [0.15, 0.2) is 36.7 Å². The molecule has 0 unspecified atom stereocenters. The van der Waals surface area contributed by atoms with E-state index in [-0.39, 0.29) is 12.0 Å². The molecule has 28 heavy (non-hydrogen) atoms. The van der Waals surface area contributed by atoms with E-state index in [0.717, 1.165) is 30.9 Å². The molecule has 2 saturated heterocycles. The molecule has 7 nitrogen and oxygen atoms in total. The first kappa shape index (κ1) is 18.7. The van der Waals surface area contributed by atoms with Gasteiger partial charge in [0, 0.05) is 57.2 Å². The maximum absolute atomic E-state index is 12.0. The number of amides is 1. The van der Waals surface area contributed by atoms with E-state index in [1.807, 2.05) is 30.6 Å². The van der Waals surface area contributed by atoms with Gasteiger partial charge in [0.15, 0.2) is 0 Å². The minimum Gasteiger partial charge on any atom is -0.375 e. The first-order valence-electron chi connectivity index (χ1n) is 9.64. The number of hydrogen-bond donors (Lipinski definition) is 0. The second-order valence-electron chi connectivity index (χ2n) is 7.80. The molecule has 2 fully saturated rings. The molecule has 1 aromatic carbocycles. The summed E-state index contributed by atoms with van der Waals surface area (Å²) >= 11 is 0. The fraction of sp³-hybridized carbons (Fsp3) is 0.476. The smallest absolute Gasteiger partial charge is 0.224 e. The molecule has 7 heteroatoms. The lowest BCUT2D eigenvalue weighted by Crippen LogP contribution is -2.47. The number of hydrogen-bond acceptors (Lipinski definition) is 5. The monoisotopic (exact) mass is 379 g/mol. The highest BCUT2D eigenvalue weighted by atomic mass is 16.5. The van der Waals surface area contributed by atoms with E-state index in [4.69, 9.17) is 4.74 Å². The number of ether oxygens (including phenoxy) is 1. The third-order valence-corrected chi connectivity index (χ3v) is 5.68.